The highest BCUT2D eigenvalue weighted by Crippen LogP contribution is 2.39. The molecule has 2 nitrogen and oxygen atoms in total. The van der Waals surface area contributed by atoms with Crippen molar-refractivity contribution in [3.8, 4) is 0 Å². The van der Waals surface area contributed by atoms with Crippen molar-refractivity contribution in [1.29, 1.82) is 0 Å². The summed E-state index contributed by atoms with van der Waals surface area (Å²) in [7, 11) is 0. The molecule has 7 heteroatoms. The zero-order chi connectivity index (χ0) is 14.7. The first-order chi connectivity index (χ1) is 8.63. The average molecular weight is 290 g/mol. The van der Waals surface area contributed by atoms with Gasteiger partial charge in [0.05, 0.1) is 18.8 Å². The van der Waals surface area contributed by atoms with Crippen LogP contribution in [-0.2, 0) is 4.74 Å². The van der Waals surface area contributed by atoms with Crippen molar-refractivity contribution < 1.29 is 31.8 Å². The SMILES string of the molecule is CC1CCCCC1OCC(O)CC(F)(F)C(F)(F)F. The lowest BCUT2D eigenvalue weighted by Crippen LogP contribution is -2.41. The fraction of sp³-hybridized carbons (Fsp3) is 1.00. The largest absolute Gasteiger partial charge is 0.453 e. The zero-order valence-corrected chi connectivity index (χ0v) is 10.7. The predicted molar refractivity (Wildman–Crippen MR) is 59.0 cm³/mol. The van der Waals surface area contributed by atoms with Gasteiger partial charge in [-0.3, -0.25) is 0 Å². The van der Waals surface area contributed by atoms with Crippen LogP contribution < -0.4 is 0 Å². The molecule has 0 spiro atoms. The van der Waals surface area contributed by atoms with E-state index in [1.807, 2.05) is 6.92 Å². The van der Waals surface area contributed by atoms with Gasteiger partial charge in [0.1, 0.15) is 0 Å². The van der Waals surface area contributed by atoms with Gasteiger partial charge in [0.25, 0.3) is 0 Å². The van der Waals surface area contributed by atoms with Gasteiger partial charge in [0.2, 0.25) is 0 Å². The van der Waals surface area contributed by atoms with Crippen molar-refractivity contribution in [2.45, 2.75) is 63.3 Å². The molecule has 1 saturated carbocycles. The second-order valence-electron chi connectivity index (χ2n) is 5.19. The quantitative estimate of drug-likeness (QED) is 0.785. The molecule has 0 aromatic heterocycles. The van der Waals surface area contributed by atoms with Crippen LogP contribution in [-0.4, -0.2) is 36.0 Å². The van der Waals surface area contributed by atoms with Gasteiger partial charge >= 0.3 is 12.1 Å². The van der Waals surface area contributed by atoms with Crippen molar-refractivity contribution >= 4 is 0 Å². The van der Waals surface area contributed by atoms with Crippen molar-refractivity contribution in [1.82, 2.24) is 0 Å². The van der Waals surface area contributed by atoms with Crippen molar-refractivity contribution in [3.05, 3.63) is 0 Å². The molecular weight excluding hydrogens is 271 g/mol. The lowest BCUT2D eigenvalue weighted by Gasteiger charge is -2.30. The van der Waals surface area contributed by atoms with E-state index in [2.05, 4.69) is 0 Å². The first kappa shape index (κ1) is 16.6. The highest BCUT2D eigenvalue weighted by atomic mass is 19.4. The third-order valence-corrected chi connectivity index (χ3v) is 3.44. The Balaban J connectivity index is 2.37. The third kappa shape index (κ3) is 4.87. The van der Waals surface area contributed by atoms with Gasteiger partial charge in [0.15, 0.2) is 0 Å². The zero-order valence-electron chi connectivity index (χ0n) is 10.7. The average Bonchev–Trinajstić information content (AvgIpc) is 2.26. The Bertz CT molecular complexity index is 280. The van der Waals surface area contributed by atoms with Crippen LogP contribution in [0, 0.1) is 5.92 Å². The summed E-state index contributed by atoms with van der Waals surface area (Å²) in [6, 6.07) is 0. The van der Waals surface area contributed by atoms with E-state index in [-0.39, 0.29) is 12.0 Å². The molecule has 19 heavy (non-hydrogen) atoms. The number of aliphatic hydroxyl groups is 1. The third-order valence-electron chi connectivity index (χ3n) is 3.44. The molecule has 1 aliphatic carbocycles. The molecule has 0 bridgehead atoms. The molecule has 0 aliphatic heterocycles. The molecule has 0 saturated heterocycles. The summed E-state index contributed by atoms with van der Waals surface area (Å²) >= 11 is 0. The van der Waals surface area contributed by atoms with Gasteiger partial charge in [-0.1, -0.05) is 19.8 Å². The van der Waals surface area contributed by atoms with Gasteiger partial charge in [-0.05, 0) is 18.8 Å². The molecular formula is C12H19F5O2. The minimum Gasteiger partial charge on any atom is -0.390 e. The summed E-state index contributed by atoms with van der Waals surface area (Å²) in [6.45, 7) is 1.46. The van der Waals surface area contributed by atoms with E-state index in [0.29, 0.717) is 0 Å². The number of hydrogen-bond donors (Lipinski definition) is 1. The number of aliphatic hydroxyl groups excluding tert-OH is 1. The normalized spacial score (nSPS) is 27.3. The van der Waals surface area contributed by atoms with Crippen molar-refractivity contribution in [2.24, 2.45) is 5.92 Å². The van der Waals surface area contributed by atoms with Crippen LogP contribution in [0.5, 0.6) is 0 Å². The highest BCUT2D eigenvalue weighted by Gasteiger charge is 2.57. The minimum absolute atomic E-state index is 0.164. The van der Waals surface area contributed by atoms with Crippen LogP contribution in [0.4, 0.5) is 22.0 Å². The molecule has 0 amide bonds. The maximum atomic E-state index is 12.7. The summed E-state index contributed by atoms with van der Waals surface area (Å²) in [5, 5.41) is 9.26. The van der Waals surface area contributed by atoms with Gasteiger partial charge in [-0.15, -0.1) is 0 Å². The summed E-state index contributed by atoms with van der Waals surface area (Å²) < 4.78 is 66.5. The van der Waals surface area contributed by atoms with Gasteiger partial charge in [0, 0.05) is 6.42 Å². The van der Waals surface area contributed by atoms with Crippen molar-refractivity contribution in [3.63, 3.8) is 0 Å². The van der Waals surface area contributed by atoms with Crippen LogP contribution in [0.25, 0.3) is 0 Å². The van der Waals surface area contributed by atoms with E-state index in [1.165, 1.54) is 0 Å². The van der Waals surface area contributed by atoms with Gasteiger partial charge in [-0.2, -0.15) is 22.0 Å². The van der Waals surface area contributed by atoms with Crippen LogP contribution >= 0.6 is 0 Å². The molecule has 1 aliphatic rings. The Labute approximate surface area is 108 Å². The summed E-state index contributed by atoms with van der Waals surface area (Å²) in [5.74, 6) is -4.64. The molecule has 114 valence electrons. The number of rotatable bonds is 5. The minimum atomic E-state index is -5.63. The monoisotopic (exact) mass is 290 g/mol. The van der Waals surface area contributed by atoms with E-state index in [4.69, 9.17) is 4.74 Å². The van der Waals surface area contributed by atoms with Crippen LogP contribution in [0.3, 0.4) is 0 Å². The molecule has 1 rings (SSSR count). The number of ether oxygens (including phenoxy) is 1. The topological polar surface area (TPSA) is 29.5 Å². The van der Waals surface area contributed by atoms with E-state index in [1.54, 1.807) is 0 Å². The Hall–Kier alpha value is -0.430. The number of halogens is 5. The van der Waals surface area contributed by atoms with Gasteiger partial charge < -0.3 is 9.84 Å². The first-order valence-corrected chi connectivity index (χ1v) is 6.37. The highest BCUT2D eigenvalue weighted by molar-refractivity contribution is 4.80. The first-order valence-electron chi connectivity index (χ1n) is 6.37. The van der Waals surface area contributed by atoms with Crippen molar-refractivity contribution in [2.75, 3.05) is 6.61 Å². The predicted octanol–water partition coefficient (Wildman–Crippen LogP) is 3.53. The molecule has 0 radical (unpaired) electrons. The Morgan fingerprint density at radius 3 is 2.26 bits per heavy atom. The summed E-state index contributed by atoms with van der Waals surface area (Å²) in [5.41, 5.74) is 0. The maximum absolute atomic E-state index is 12.7. The summed E-state index contributed by atoms with van der Waals surface area (Å²) in [6.07, 6.45) is -5.56. The standard InChI is InChI=1S/C12H19F5O2/c1-8-4-2-3-5-10(8)19-7-9(18)6-11(13,14)12(15,16)17/h8-10,18H,2-7H2,1H3. The molecule has 0 aromatic rings. The second kappa shape index (κ2) is 6.35. The van der Waals surface area contributed by atoms with E-state index in [9.17, 15) is 27.1 Å². The molecule has 0 aromatic carbocycles. The van der Waals surface area contributed by atoms with E-state index in [0.717, 1.165) is 25.7 Å². The molecule has 3 unspecified atom stereocenters. The smallest absolute Gasteiger partial charge is 0.390 e. The Kier molecular flexibility index (Phi) is 5.55. The van der Waals surface area contributed by atoms with E-state index >= 15 is 0 Å². The van der Waals surface area contributed by atoms with Gasteiger partial charge in [-0.25, -0.2) is 0 Å². The Morgan fingerprint density at radius 1 is 1.16 bits per heavy atom. The lowest BCUT2D eigenvalue weighted by atomic mass is 9.88. The number of hydrogen-bond acceptors (Lipinski definition) is 2. The second-order valence-corrected chi connectivity index (χ2v) is 5.19. The Morgan fingerprint density at radius 2 is 1.74 bits per heavy atom. The number of alkyl halides is 5. The summed E-state index contributed by atoms with van der Waals surface area (Å²) in [4.78, 5) is 0. The molecule has 0 heterocycles. The molecule has 3 atom stereocenters. The molecule has 1 fully saturated rings. The van der Waals surface area contributed by atoms with Crippen LogP contribution in [0.2, 0.25) is 0 Å². The molecule has 1 N–H and O–H groups in total. The van der Waals surface area contributed by atoms with Crippen LogP contribution in [0.1, 0.15) is 39.0 Å². The fourth-order valence-corrected chi connectivity index (χ4v) is 2.24. The lowest BCUT2D eigenvalue weighted by molar-refractivity contribution is -0.291. The maximum Gasteiger partial charge on any atom is 0.453 e. The van der Waals surface area contributed by atoms with E-state index < -0.39 is 31.2 Å². The van der Waals surface area contributed by atoms with Crippen LogP contribution in [0.15, 0.2) is 0 Å². The fourth-order valence-electron chi connectivity index (χ4n) is 2.24.